The molecule has 26 heavy (non-hydrogen) atoms. The molecule has 0 aliphatic carbocycles. The first kappa shape index (κ1) is 17.8. The van der Waals surface area contributed by atoms with Gasteiger partial charge in [-0.2, -0.15) is 5.10 Å². The number of carbonyl (C=O) groups is 1. The number of nitrogens with one attached hydrogen (secondary N) is 1. The Morgan fingerprint density at radius 3 is 2.58 bits per heavy atom. The fourth-order valence-electron chi connectivity index (χ4n) is 2.48. The van der Waals surface area contributed by atoms with Crippen molar-refractivity contribution in [2.24, 2.45) is 15.1 Å². The van der Waals surface area contributed by atoms with Crippen LogP contribution in [0.1, 0.15) is 18.1 Å². The Morgan fingerprint density at radius 1 is 1.15 bits per heavy atom. The lowest BCUT2D eigenvalue weighted by Gasteiger charge is -2.09. The number of fused-ring (bicyclic) bond motifs is 1. The van der Waals surface area contributed by atoms with Crippen molar-refractivity contribution in [3.63, 3.8) is 0 Å². The second-order valence-corrected chi connectivity index (χ2v) is 5.93. The number of rotatable bonds is 3. The molecule has 0 saturated heterocycles. The molecule has 1 aliphatic rings. The average molecular weight is 369 g/mol. The minimum atomic E-state index is -0.507. The van der Waals surface area contributed by atoms with E-state index in [0.29, 0.717) is 10.9 Å². The molecule has 0 radical (unpaired) electrons. The Labute approximate surface area is 156 Å². The highest BCUT2D eigenvalue weighted by atomic mass is 35.5. The zero-order valence-corrected chi connectivity index (χ0v) is 15.1. The summed E-state index contributed by atoms with van der Waals surface area (Å²) >= 11 is 6.36. The summed E-state index contributed by atoms with van der Waals surface area (Å²) in [6.07, 6.45) is 0. The summed E-state index contributed by atoms with van der Waals surface area (Å²) in [5.41, 5.74) is 6.23. The summed E-state index contributed by atoms with van der Waals surface area (Å²) in [7, 11) is 1.31. The van der Waals surface area contributed by atoms with Crippen LogP contribution in [0.25, 0.3) is 0 Å². The molecule has 0 atom stereocenters. The summed E-state index contributed by atoms with van der Waals surface area (Å²) in [5, 5.41) is 4.64. The molecule has 132 valence electrons. The van der Waals surface area contributed by atoms with Gasteiger partial charge in [0.1, 0.15) is 11.5 Å². The number of methoxy groups -OCH3 is 1. The van der Waals surface area contributed by atoms with Crippen LogP contribution >= 0.6 is 11.6 Å². The van der Waals surface area contributed by atoms with Gasteiger partial charge in [-0.15, -0.1) is 0 Å². The van der Waals surface area contributed by atoms with E-state index in [9.17, 15) is 4.79 Å². The van der Waals surface area contributed by atoms with Gasteiger partial charge in [0.25, 0.3) is 0 Å². The summed E-state index contributed by atoms with van der Waals surface area (Å²) in [4.78, 5) is 20.7. The van der Waals surface area contributed by atoms with E-state index in [0.717, 1.165) is 22.5 Å². The van der Waals surface area contributed by atoms with Crippen LogP contribution in [0.15, 0.2) is 63.6 Å². The minimum absolute atomic E-state index is 0.197. The first-order chi connectivity index (χ1) is 12.6. The lowest BCUT2D eigenvalue weighted by atomic mass is 10.0. The molecule has 1 aliphatic heterocycles. The molecule has 7 heteroatoms. The Hall–Kier alpha value is -2.99. The normalized spacial score (nSPS) is 13.9. The molecular formula is C19H17ClN4O2. The fourth-order valence-corrected chi connectivity index (χ4v) is 2.70. The Kier molecular flexibility index (Phi) is 5.43. The molecular weight excluding hydrogens is 352 g/mol. The number of hydrogen-bond donors (Lipinski definition) is 1. The molecule has 2 aromatic carbocycles. The Balaban J connectivity index is 1.98. The van der Waals surface area contributed by atoms with Crippen LogP contribution in [-0.2, 0) is 9.53 Å². The Bertz CT molecular complexity index is 935. The molecule has 3 rings (SSSR count). The third kappa shape index (κ3) is 3.81. The van der Waals surface area contributed by atoms with Crippen LogP contribution in [0.4, 0.5) is 5.69 Å². The van der Waals surface area contributed by atoms with Gasteiger partial charge in [-0.25, -0.2) is 9.79 Å². The smallest absolute Gasteiger partial charge is 0.353 e. The number of para-hydroxylation sites is 1. The van der Waals surface area contributed by atoms with Gasteiger partial charge in [-0.05, 0) is 19.1 Å². The molecule has 2 aromatic rings. The molecule has 0 fully saturated rings. The predicted molar refractivity (Wildman–Crippen MR) is 104 cm³/mol. The molecule has 0 aromatic heterocycles. The number of halogens is 1. The summed E-state index contributed by atoms with van der Waals surface area (Å²) < 4.78 is 4.63. The van der Waals surface area contributed by atoms with Crippen molar-refractivity contribution in [2.75, 3.05) is 13.7 Å². The van der Waals surface area contributed by atoms with E-state index in [-0.39, 0.29) is 12.3 Å². The molecule has 0 bridgehead atoms. The maximum Gasteiger partial charge on any atom is 0.353 e. The minimum Gasteiger partial charge on any atom is -0.464 e. The number of hydrogen-bond acceptors (Lipinski definition) is 6. The zero-order valence-electron chi connectivity index (χ0n) is 14.4. The SMILES string of the molecule is COC(=O)C(C)=NNC1=Nc2ccccc2C(c2ccccc2Cl)=NC1. The first-order valence-electron chi connectivity index (χ1n) is 7.95. The third-order valence-corrected chi connectivity index (χ3v) is 4.09. The van der Waals surface area contributed by atoms with Crippen LogP contribution in [0, 0.1) is 0 Å². The number of amidine groups is 1. The van der Waals surface area contributed by atoms with Gasteiger partial charge in [0.05, 0.1) is 25.1 Å². The van der Waals surface area contributed by atoms with Crippen molar-refractivity contribution in [1.29, 1.82) is 0 Å². The van der Waals surface area contributed by atoms with Gasteiger partial charge in [0, 0.05) is 16.1 Å². The van der Waals surface area contributed by atoms with Crippen molar-refractivity contribution in [3.05, 3.63) is 64.7 Å². The van der Waals surface area contributed by atoms with Gasteiger partial charge in [-0.1, -0.05) is 48.0 Å². The van der Waals surface area contributed by atoms with Gasteiger partial charge in [0.2, 0.25) is 0 Å². The van der Waals surface area contributed by atoms with E-state index in [4.69, 9.17) is 11.6 Å². The van der Waals surface area contributed by atoms with Crippen LogP contribution in [0.3, 0.4) is 0 Å². The fraction of sp³-hybridized carbons (Fsp3) is 0.158. The van der Waals surface area contributed by atoms with Crippen LogP contribution < -0.4 is 5.43 Å². The largest absolute Gasteiger partial charge is 0.464 e. The van der Waals surface area contributed by atoms with Gasteiger partial charge in [-0.3, -0.25) is 10.4 Å². The quantitative estimate of drug-likeness (QED) is 0.512. The van der Waals surface area contributed by atoms with Crippen molar-refractivity contribution >= 4 is 40.5 Å². The van der Waals surface area contributed by atoms with Crippen molar-refractivity contribution < 1.29 is 9.53 Å². The van der Waals surface area contributed by atoms with E-state index < -0.39 is 5.97 Å². The Morgan fingerprint density at radius 2 is 1.85 bits per heavy atom. The maximum absolute atomic E-state index is 11.5. The maximum atomic E-state index is 11.5. The standard InChI is InChI=1S/C19H17ClN4O2/c1-12(19(25)26-2)23-24-17-11-21-18(13-7-3-5-9-15(13)20)14-8-4-6-10-16(14)22-17/h3-10H,11H2,1-2H3,(H,22,24). The number of esters is 1. The van der Waals surface area contributed by atoms with Crippen LogP contribution in [0.2, 0.25) is 5.02 Å². The molecule has 0 spiro atoms. The lowest BCUT2D eigenvalue weighted by Crippen LogP contribution is -2.24. The number of aliphatic imine (C=N–C) groups is 2. The molecule has 1 heterocycles. The molecule has 0 unspecified atom stereocenters. The zero-order chi connectivity index (χ0) is 18.5. The topological polar surface area (TPSA) is 75.4 Å². The van der Waals surface area contributed by atoms with Crippen molar-refractivity contribution in [1.82, 2.24) is 5.43 Å². The highest BCUT2D eigenvalue weighted by Crippen LogP contribution is 2.27. The van der Waals surface area contributed by atoms with E-state index in [1.165, 1.54) is 7.11 Å². The third-order valence-electron chi connectivity index (χ3n) is 3.76. The number of nitrogens with zero attached hydrogens (tertiary/aromatic N) is 3. The molecule has 6 nitrogen and oxygen atoms in total. The van der Waals surface area contributed by atoms with Crippen LogP contribution in [0.5, 0.6) is 0 Å². The molecule has 0 amide bonds. The molecule has 1 N–H and O–H groups in total. The van der Waals surface area contributed by atoms with Gasteiger partial charge < -0.3 is 4.74 Å². The van der Waals surface area contributed by atoms with E-state index in [1.807, 2.05) is 48.5 Å². The van der Waals surface area contributed by atoms with E-state index in [1.54, 1.807) is 6.92 Å². The first-order valence-corrected chi connectivity index (χ1v) is 8.33. The highest BCUT2D eigenvalue weighted by molar-refractivity contribution is 6.36. The van der Waals surface area contributed by atoms with Gasteiger partial charge in [0.15, 0.2) is 0 Å². The van der Waals surface area contributed by atoms with Crippen molar-refractivity contribution in [2.45, 2.75) is 6.92 Å². The summed E-state index contributed by atoms with van der Waals surface area (Å²) in [6.45, 7) is 1.83. The van der Waals surface area contributed by atoms with E-state index >= 15 is 0 Å². The number of carbonyl (C=O) groups excluding carboxylic acids is 1. The predicted octanol–water partition coefficient (Wildman–Crippen LogP) is 3.36. The van der Waals surface area contributed by atoms with E-state index in [2.05, 4.69) is 25.2 Å². The number of benzene rings is 2. The lowest BCUT2D eigenvalue weighted by molar-refractivity contribution is -0.132. The number of hydrazone groups is 1. The van der Waals surface area contributed by atoms with Crippen LogP contribution in [-0.4, -0.2) is 36.9 Å². The second kappa shape index (κ2) is 7.93. The summed E-state index contributed by atoms with van der Waals surface area (Å²) in [6, 6.07) is 15.2. The summed E-state index contributed by atoms with van der Waals surface area (Å²) in [5.74, 6) is 0.00939. The average Bonchev–Trinajstić information content (AvgIpc) is 2.85. The second-order valence-electron chi connectivity index (χ2n) is 5.52. The van der Waals surface area contributed by atoms with Gasteiger partial charge >= 0.3 is 5.97 Å². The number of ether oxygens (including phenoxy) is 1. The van der Waals surface area contributed by atoms with Crippen molar-refractivity contribution in [3.8, 4) is 0 Å². The highest BCUT2D eigenvalue weighted by Gasteiger charge is 2.17. The molecule has 0 saturated carbocycles. The monoisotopic (exact) mass is 368 g/mol.